The molecular weight excluding hydrogens is 367 g/mol. The number of halogens is 1. The van der Waals surface area contributed by atoms with Crippen molar-refractivity contribution in [3.05, 3.63) is 71.9 Å². The molecule has 146 valence electrons. The third-order valence-electron chi connectivity index (χ3n) is 5.00. The number of nitrogens with zero attached hydrogens (tertiary/aromatic N) is 6. The average molecular weight is 388 g/mol. The van der Waals surface area contributed by atoms with Crippen LogP contribution in [0.5, 0.6) is 0 Å². The van der Waals surface area contributed by atoms with E-state index in [0.29, 0.717) is 12.4 Å². The van der Waals surface area contributed by atoms with Crippen molar-refractivity contribution >= 4 is 5.95 Å². The smallest absolute Gasteiger partial charge is 0.225 e. The van der Waals surface area contributed by atoms with E-state index in [1.54, 1.807) is 12.4 Å². The zero-order valence-corrected chi connectivity index (χ0v) is 16.0. The summed E-state index contributed by atoms with van der Waals surface area (Å²) in [5, 5.41) is 8.76. The molecule has 29 heavy (non-hydrogen) atoms. The van der Waals surface area contributed by atoms with E-state index in [4.69, 9.17) is 10.2 Å². The Morgan fingerprint density at radius 2 is 1.76 bits per heavy atom. The monoisotopic (exact) mass is 388 g/mol. The molecule has 3 heterocycles. The van der Waals surface area contributed by atoms with E-state index >= 15 is 0 Å². The maximum absolute atomic E-state index is 13.1. The molecule has 0 bridgehead atoms. The predicted octanol–water partition coefficient (Wildman–Crippen LogP) is 3.07. The summed E-state index contributed by atoms with van der Waals surface area (Å²) in [5.41, 5.74) is 3.60. The van der Waals surface area contributed by atoms with Gasteiger partial charge in [0.15, 0.2) is 0 Å². The molecule has 0 N–H and O–H groups in total. The van der Waals surface area contributed by atoms with Crippen molar-refractivity contribution in [2.75, 3.05) is 31.1 Å². The van der Waals surface area contributed by atoms with E-state index in [-0.39, 0.29) is 5.82 Å². The number of aromatic nitrogens is 3. The van der Waals surface area contributed by atoms with Crippen LogP contribution in [0.25, 0.3) is 11.3 Å². The van der Waals surface area contributed by atoms with Crippen LogP contribution in [0.2, 0.25) is 0 Å². The summed E-state index contributed by atoms with van der Waals surface area (Å²) in [7, 11) is 0. The van der Waals surface area contributed by atoms with Gasteiger partial charge in [0.1, 0.15) is 5.82 Å². The van der Waals surface area contributed by atoms with Crippen LogP contribution in [0.15, 0.2) is 54.9 Å². The Morgan fingerprint density at radius 1 is 0.966 bits per heavy atom. The maximum Gasteiger partial charge on any atom is 0.225 e. The molecule has 0 atom stereocenters. The van der Waals surface area contributed by atoms with Gasteiger partial charge >= 0.3 is 0 Å². The van der Waals surface area contributed by atoms with E-state index in [1.807, 2.05) is 30.3 Å². The summed E-state index contributed by atoms with van der Waals surface area (Å²) in [6, 6.07) is 14.5. The van der Waals surface area contributed by atoms with Crippen molar-refractivity contribution in [1.29, 1.82) is 5.26 Å². The van der Waals surface area contributed by atoms with Crippen molar-refractivity contribution in [1.82, 2.24) is 19.9 Å². The number of hydrogen-bond donors (Lipinski definition) is 0. The number of hydrogen-bond acceptors (Lipinski definition) is 6. The van der Waals surface area contributed by atoms with Crippen LogP contribution < -0.4 is 4.90 Å². The van der Waals surface area contributed by atoms with Crippen molar-refractivity contribution in [3.63, 3.8) is 0 Å². The zero-order valence-electron chi connectivity index (χ0n) is 16.0. The Balaban J connectivity index is 1.39. The van der Waals surface area contributed by atoms with Gasteiger partial charge in [0, 0.05) is 50.7 Å². The molecule has 1 aliphatic rings. The Labute approximate surface area is 169 Å². The lowest BCUT2D eigenvalue weighted by molar-refractivity contribution is 0.248. The van der Waals surface area contributed by atoms with E-state index in [0.717, 1.165) is 55.2 Å². The summed E-state index contributed by atoms with van der Waals surface area (Å²) < 4.78 is 13.1. The summed E-state index contributed by atoms with van der Waals surface area (Å²) in [5.74, 6) is 0.510. The molecule has 0 aliphatic carbocycles. The lowest BCUT2D eigenvalue weighted by Crippen LogP contribution is -2.46. The minimum Gasteiger partial charge on any atom is -0.338 e. The molecular formula is C22H21FN6. The zero-order chi connectivity index (χ0) is 20.1. The van der Waals surface area contributed by atoms with Gasteiger partial charge in [0.2, 0.25) is 5.95 Å². The highest BCUT2D eigenvalue weighted by molar-refractivity contribution is 5.59. The number of benzene rings is 1. The Hall–Kier alpha value is -3.37. The van der Waals surface area contributed by atoms with Crippen molar-refractivity contribution < 1.29 is 4.39 Å². The largest absolute Gasteiger partial charge is 0.338 e. The minimum absolute atomic E-state index is 0.203. The molecule has 3 aromatic rings. The molecule has 1 fully saturated rings. The van der Waals surface area contributed by atoms with Gasteiger partial charge in [0.05, 0.1) is 23.9 Å². The van der Waals surface area contributed by atoms with Gasteiger partial charge < -0.3 is 4.90 Å². The highest BCUT2D eigenvalue weighted by Gasteiger charge is 2.19. The van der Waals surface area contributed by atoms with Gasteiger partial charge in [-0.3, -0.25) is 9.88 Å². The quantitative estimate of drug-likeness (QED) is 0.669. The number of pyridine rings is 1. The van der Waals surface area contributed by atoms with Crippen molar-refractivity contribution in [3.8, 4) is 17.3 Å². The van der Waals surface area contributed by atoms with E-state index in [9.17, 15) is 4.39 Å². The van der Waals surface area contributed by atoms with E-state index in [1.165, 1.54) is 12.1 Å². The highest BCUT2D eigenvalue weighted by atomic mass is 19.1. The first-order valence-corrected chi connectivity index (χ1v) is 9.58. The van der Waals surface area contributed by atoms with Gasteiger partial charge in [-0.25, -0.2) is 14.4 Å². The summed E-state index contributed by atoms with van der Waals surface area (Å²) in [4.78, 5) is 18.0. The molecule has 6 nitrogen and oxygen atoms in total. The molecule has 0 saturated carbocycles. The van der Waals surface area contributed by atoms with Gasteiger partial charge in [-0.1, -0.05) is 12.1 Å². The topological polar surface area (TPSA) is 68.9 Å². The van der Waals surface area contributed by atoms with Crippen LogP contribution in [0.3, 0.4) is 0 Å². The van der Waals surface area contributed by atoms with E-state index < -0.39 is 0 Å². The molecule has 7 heteroatoms. The van der Waals surface area contributed by atoms with Gasteiger partial charge in [0.25, 0.3) is 0 Å². The highest BCUT2D eigenvalue weighted by Crippen LogP contribution is 2.20. The van der Waals surface area contributed by atoms with Gasteiger partial charge in [-0.15, -0.1) is 0 Å². The lowest BCUT2D eigenvalue weighted by atomic mass is 10.2. The second kappa shape index (κ2) is 8.76. The fourth-order valence-electron chi connectivity index (χ4n) is 3.38. The SMILES string of the molecule is N#CCc1ccc(-c2ccnc(N3CCN(Cc4ccc(F)cc4)CC3)n2)cn1. The van der Waals surface area contributed by atoms with Crippen LogP contribution >= 0.6 is 0 Å². The van der Waals surface area contributed by atoms with Crippen molar-refractivity contribution in [2.24, 2.45) is 0 Å². The predicted molar refractivity (Wildman–Crippen MR) is 108 cm³/mol. The Bertz CT molecular complexity index is 989. The average Bonchev–Trinajstić information content (AvgIpc) is 2.77. The van der Waals surface area contributed by atoms with Crippen LogP contribution in [-0.4, -0.2) is 46.0 Å². The van der Waals surface area contributed by atoms with Crippen LogP contribution in [0.1, 0.15) is 11.3 Å². The Morgan fingerprint density at radius 3 is 2.45 bits per heavy atom. The molecule has 0 unspecified atom stereocenters. The first kappa shape index (κ1) is 19.0. The van der Waals surface area contributed by atoms with Crippen LogP contribution in [0, 0.1) is 17.1 Å². The Kier molecular flexibility index (Phi) is 5.73. The molecule has 1 saturated heterocycles. The summed E-state index contributed by atoms with van der Waals surface area (Å²) in [6.07, 6.45) is 3.82. The van der Waals surface area contributed by atoms with Gasteiger partial charge in [-0.05, 0) is 35.9 Å². The normalized spacial score (nSPS) is 14.6. The molecule has 2 aromatic heterocycles. The minimum atomic E-state index is -0.203. The van der Waals surface area contributed by atoms with Gasteiger partial charge in [-0.2, -0.15) is 5.26 Å². The number of anilines is 1. The molecule has 0 amide bonds. The third kappa shape index (κ3) is 4.73. The number of nitriles is 1. The number of piperazine rings is 1. The summed E-state index contributed by atoms with van der Waals surface area (Å²) in [6.45, 7) is 4.29. The fourth-order valence-corrected chi connectivity index (χ4v) is 3.38. The molecule has 1 aromatic carbocycles. The van der Waals surface area contributed by atoms with E-state index in [2.05, 4.69) is 25.8 Å². The van der Waals surface area contributed by atoms with Crippen LogP contribution in [0.4, 0.5) is 10.3 Å². The maximum atomic E-state index is 13.1. The van der Waals surface area contributed by atoms with Crippen molar-refractivity contribution in [2.45, 2.75) is 13.0 Å². The summed E-state index contributed by atoms with van der Waals surface area (Å²) >= 11 is 0. The standard InChI is InChI=1S/C22H21FN6/c23-19-4-1-17(2-5-19)16-28-11-13-29(14-12-28)22-25-10-8-21(27-22)18-3-6-20(7-9-24)26-15-18/h1-6,8,10,15H,7,11-14,16H2. The number of rotatable bonds is 5. The molecule has 0 spiro atoms. The first-order chi connectivity index (χ1) is 14.2. The molecule has 0 radical (unpaired) electrons. The third-order valence-corrected chi connectivity index (χ3v) is 5.00. The first-order valence-electron chi connectivity index (χ1n) is 9.58. The molecule has 1 aliphatic heterocycles. The second-order valence-corrected chi connectivity index (χ2v) is 7.00. The molecule has 4 rings (SSSR count). The second-order valence-electron chi connectivity index (χ2n) is 7.00. The fraction of sp³-hybridized carbons (Fsp3) is 0.273. The lowest BCUT2D eigenvalue weighted by Gasteiger charge is -2.34. The van der Waals surface area contributed by atoms with Crippen LogP contribution in [-0.2, 0) is 13.0 Å².